The summed E-state index contributed by atoms with van der Waals surface area (Å²) in [6, 6.07) is 1.66. The molecule has 1 aliphatic carbocycles. The van der Waals surface area contributed by atoms with Crippen LogP contribution in [-0.2, 0) is 4.79 Å². The first-order valence-corrected chi connectivity index (χ1v) is 6.29. The molecular formula is C13H17N3O3. The second kappa shape index (κ2) is 5.34. The normalized spacial score (nSPS) is 14.2. The topological polar surface area (TPSA) is 83.4 Å². The van der Waals surface area contributed by atoms with E-state index < -0.39 is 5.97 Å². The molecule has 0 unspecified atom stereocenters. The molecule has 0 spiro atoms. The first-order valence-electron chi connectivity index (χ1n) is 6.29. The van der Waals surface area contributed by atoms with E-state index in [0.29, 0.717) is 29.4 Å². The molecule has 1 aromatic rings. The van der Waals surface area contributed by atoms with Crippen LogP contribution in [0.25, 0.3) is 0 Å². The lowest BCUT2D eigenvalue weighted by molar-refractivity contribution is -0.137. The number of carbonyl (C=O) groups excluding carboxylic acids is 1. The highest BCUT2D eigenvalue weighted by molar-refractivity contribution is 5.96. The van der Waals surface area contributed by atoms with Crippen LogP contribution in [0, 0.1) is 19.8 Å². The second-order valence-corrected chi connectivity index (χ2v) is 5.01. The Morgan fingerprint density at radius 3 is 2.63 bits per heavy atom. The summed E-state index contributed by atoms with van der Waals surface area (Å²) in [5.74, 6) is -0.824. The molecule has 0 radical (unpaired) electrons. The zero-order valence-electron chi connectivity index (χ0n) is 11.1. The third-order valence-corrected chi connectivity index (χ3v) is 3.12. The minimum absolute atomic E-state index is 0.268. The van der Waals surface area contributed by atoms with Gasteiger partial charge in [-0.2, -0.15) is 10.2 Å². The number of carbonyl (C=O) groups is 2. The average molecular weight is 263 g/mol. The molecule has 0 saturated heterocycles. The zero-order valence-corrected chi connectivity index (χ0v) is 11.1. The van der Waals surface area contributed by atoms with E-state index in [0.717, 1.165) is 12.8 Å². The van der Waals surface area contributed by atoms with E-state index in [4.69, 9.17) is 5.11 Å². The Kier molecular flexibility index (Phi) is 3.78. The van der Waals surface area contributed by atoms with Crippen molar-refractivity contribution in [2.75, 3.05) is 13.1 Å². The monoisotopic (exact) mass is 263 g/mol. The van der Waals surface area contributed by atoms with E-state index in [9.17, 15) is 9.59 Å². The zero-order chi connectivity index (χ0) is 14.0. The SMILES string of the molecule is Cc1cc(C(=O)N(CC(=O)O)CC2CC2)c(C)nn1. The van der Waals surface area contributed by atoms with Gasteiger partial charge < -0.3 is 10.0 Å². The van der Waals surface area contributed by atoms with Crippen LogP contribution in [0.5, 0.6) is 0 Å². The number of aromatic nitrogens is 2. The third kappa shape index (κ3) is 3.49. The number of hydrogen-bond donors (Lipinski definition) is 1. The lowest BCUT2D eigenvalue weighted by atomic mass is 10.1. The third-order valence-electron chi connectivity index (χ3n) is 3.12. The molecule has 1 amide bonds. The molecule has 6 nitrogen and oxygen atoms in total. The van der Waals surface area contributed by atoms with Crippen LogP contribution in [0.4, 0.5) is 0 Å². The highest BCUT2D eigenvalue weighted by atomic mass is 16.4. The van der Waals surface area contributed by atoms with E-state index in [2.05, 4.69) is 10.2 Å². The second-order valence-electron chi connectivity index (χ2n) is 5.01. The maximum absolute atomic E-state index is 12.4. The fourth-order valence-electron chi connectivity index (χ4n) is 1.93. The molecule has 102 valence electrons. The Hall–Kier alpha value is -1.98. The number of aliphatic carboxylic acids is 1. The molecule has 1 aromatic heterocycles. The van der Waals surface area contributed by atoms with Gasteiger partial charge in [-0.25, -0.2) is 0 Å². The van der Waals surface area contributed by atoms with E-state index in [-0.39, 0.29) is 12.5 Å². The van der Waals surface area contributed by atoms with Crippen LogP contribution in [0.3, 0.4) is 0 Å². The van der Waals surface area contributed by atoms with Gasteiger partial charge in [0.05, 0.1) is 17.0 Å². The molecule has 1 heterocycles. The van der Waals surface area contributed by atoms with Crippen molar-refractivity contribution >= 4 is 11.9 Å². The number of amides is 1. The minimum Gasteiger partial charge on any atom is -0.480 e. The Labute approximate surface area is 111 Å². The molecule has 0 aromatic carbocycles. The Bertz CT molecular complexity index is 512. The van der Waals surface area contributed by atoms with Gasteiger partial charge in [-0.1, -0.05) is 0 Å². The predicted octanol–water partition coefficient (Wildman–Crippen LogP) is 1.03. The first kappa shape index (κ1) is 13.5. The molecule has 1 N–H and O–H groups in total. The van der Waals surface area contributed by atoms with Crippen molar-refractivity contribution in [3.05, 3.63) is 23.0 Å². The summed E-state index contributed by atoms with van der Waals surface area (Å²) in [6.45, 7) is 3.70. The fraction of sp³-hybridized carbons (Fsp3) is 0.538. The Morgan fingerprint density at radius 2 is 2.05 bits per heavy atom. The molecule has 1 fully saturated rings. The maximum atomic E-state index is 12.4. The van der Waals surface area contributed by atoms with Crippen molar-refractivity contribution < 1.29 is 14.7 Å². The van der Waals surface area contributed by atoms with Crippen LogP contribution >= 0.6 is 0 Å². The molecule has 1 saturated carbocycles. The summed E-state index contributed by atoms with van der Waals surface area (Å²) >= 11 is 0. The van der Waals surface area contributed by atoms with Gasteiger partial charge in [0.1, 0.15) is 6.54 Å². The smallest absolute Gasteiger partial charge is 0.323 e. The minimum atomic E-state index is -0.995. The molecule has 19 heavy (non-hydrogen) atoms. The number of rotatable bonds is 5. The van der Waals surface area contributed by atoms with E-state index >= 15 is 0 Å². The fourth-order valence-corrected chi connectivity index (χ4v) is 1.93. The molecule has 1 aliphatic rings. The summed E-state index contributed by atoms with van der Waals surface area (Å²) in [4.78, 5) is 24.7. The van der Waals surface area contributed by atoms with Gasteiger partial charge in [-0.15, -0.1) is 0 Å². The largest absolute Gasteiger partial charge is 0.480 e. The van der Waals surface area contributed by atoms with Crippen LogP contribution in [0.15, 0.2) is 6.07 Å². The van der Waals surface area contributed by atoms with Gasteiger partial charge in [0.2, 0.25) is 0 Å². The quantitative estimate of drug-likeness (QED) is 0.857. The maximum Gasteiger partial charge on any atom is 0.323 e. The van der Waals surface area contributed by atoms with E-state index in [1.165, 1.54) is 4.90 Å². The molecule has 0 aliphatic heterocycles. The highest BCUT2D eigenvalue weighted by Crippen LogP contribution is 2.30. The molecule has 0 bridgehead atoms. The lowest BCUT2D eigenvalue weighted by Gasteiger charge is -2.21. The van der Waals surface area contributed by atoms with Crippen molar-refractivity contribution in [1.82, 2.24) is 15.1 Å². The number of nitrogens with zero attached hydrogens (tertiary/aromatic N) is 3. The number of hydrogen-bond acceptors (Lipinski definition) is 4. The van der Waals surface area contributed by atoms with Gasteiger partial charge in [0.25, 0.3) is 5.91 Å². The van der Waals surface area contributed by atoms with E-state index in [1.54, 1.807) is 19.9 Å². The van der Waals surface area contributed by atoms with Gasteiger partial charge >= 0.3 is 5.97 Å². The Morgan fingerprint density at radius 1 is 1.37 bits per heavy atom. The number of carboxylic acids is 1. The molecule has 0 atom stereocenters. The van der Waals surface area contributed by atoms with Crippen LogP contribution in [-0.4, -0.2) is 45.2 Å². The van der Waals surface area contributed by atoms with Crippen molar-refractivity contribution in [3.63, 3.8) is 0 Å². The van der Waals surface area contributed by atoms with Gasteiger partial charge in [-0.05, 0) is 38.7 Å². The number of aryl methyl sites for hydroxylation is 2. The van der Waals surface area contributed by atoms with Crippen molar-refractivity contribution in [3.8, 4) is 0 Å². The van der Waals surface area contributed by atoms with Gasteiger partial charge in [-0.3, -0.25) is 9.59 Å². The Balaban J connectivity index is 2.21. The first-order chi connectivity index (χ1) is 8.97. The summed E-state index contributed by atoms with van der Waals surface area (Å²) in [7, 11) is 0. The van der Waals surface area contributed by atoms with Crippen molar-refractivity contribution in [1.29, 1.82) is 0 Å². The predicted molar refractivity (Wildman–Crippen MR) is 67.8 cm³/mol. The van der Waals surface area contributed by atoms with Gasteiger partial charge in [0.15, 0.2) is 0 Å². The van der Waals surface area contributed by atoms with Gasteiger partial charge in [0, 0.05) is 6.54 Å². The average Bonchev–Trinajstić information content (AvgIpc) is 3.14. The summed E-state index contributed by atoms with van der Waals surface area (Å²) in [5, 5.41) is 16.7. The molecule has 2 rings (SSSR count). The molecule has 6 heteroatoms. The van der Waals surface area contributed by atoms with Crippen molar-refractivity contribution in [2.24, 2.45) is 5.92 Å². The van der Waals surface area contributed by atoms with Crippen LogP contribution in [0.2, 0.25) is 0 Å². The lowest BCUT2D eigenvalue weighted by Crippen LogP contribution is -2.37. The number of carboxylic acid groups (broad SMARTS) is 1. The van der Waals surface area contributed by atoms with Crippen molar-refractivity contribution in [2.45, 2.75) is 26.7 Å². The highest BCUT2D eigenvalue weighted by Gasteiger charge is 2.29. The van der Waals surface area contributed by atoms with E-state index in [1.807, 2.05) is 0 Å². The summed E-state index contributed by atoms with van der Waals surface area (Å²) < 4.78 is 0. The van der Waals surface area contributed by atoms with Crippen LogP contribution in [0.1, 0.15) is 34.6 Å². The summed E-state index contributed by atoms with van der Waals surface area (Å²) in [5.41, 5.74) is 1.62. The molecular weight excluding hydrogens is 246 g/mol. The van der Waals surface area contributed by atoms with Crippen LogP contribution < -0.4 is 0 Å². The standard InChI is InChI=1S/C13H17N3O3/c1-8-5-11(9(2)15-14-8)13(19)16(7-12(17)18)6-10-3-4-10/h5,10H,3-4,6-7H2,1-2H3,(H,17,18). The summed E-state index contributed by atoms with van der Waals surface area (Å²) in [6.07, 6.45) is 2.13.